The van der Waals surface area contributed by atoms with Crippen molar-refractivity contribution in [3.63, 3.8) is 0 Å². The third kappa shape index (κ3) is 4.83. The van der Waals surface area contributed by atoms with Crippen LogP contribution in [0.2, 0.25) is 0 Å². The number of piperazine rings is 1. The standard InChI is InChI=1S/C26H27N5O3S2/c1-4-23(32)31-17-8-9-18(31)15-30(14-17)25(33)19-12-21(16(2)11-20(19)34-3)35-24-13-28-26(36-24)29-22-7-5-6-10-27-22/h4-7,10-13,17-18H,1,8-9,14-15H2,2-3H3,(H,27,28,29)/t17-,18?/m0/s1. The minimum Gasteiger partial charge on any atom is -0.496 e. The van der Waals surface area contributed by atoms with E-state index in [-0.39, 0.29) is 23.9 Å². The second kappa shape index (κ2) is 10.3. The Morgan fingerprint density at radius 3 is 2.67 bits per heavy atom. The number of amides is 2. The summed E-state index contributed by atoms with van der Waals surface area (Å²) in [5, 5.41) is 3.96. The Hall–Kier alpha value is -3.37. The summed E-state index contributed by atoms with van der Waals surface area (Å²) in [6.45, 7) is 6.68. The fourth-order valence-electron chi connectivity index (χ4n) is 4.83. The van der Waals surface area contributed by atoms with Gasteiger partial charge in [-0.05, 0) is 55.7 Å². The Balaban J connectivity index is 1.35. The van der Waals surface area contributed by atoms with Crippen molar-refractivity contribution in [2.24, 2.45) is 0 Å². The highest BCUT2D eigenvalue weighted by molar-refractivity contribution is 8.01. The van der Waals surface area contributed by atoms with Crippen LogP contribution < -0.4 is 10.1 Å². The van der Waals surface area contributed by atoms with Crippen LogP contribution in [0, 0.1) is 6.92 Å². The summed E-state index contributed by atoms with van der Waals surface area (Å²) >= 11 is 3.10. The Kier molecular flexibility index (Phi) is 6.97. The van der Waals surface area contributed by atoms with E-state index in [1.807, 2.05) is 53.3 Å². The number of carbonyl (C=O) groups excluding carboxylic acids is 2. The molecular formula is C26H27N5O3S2. The number of carbonyl (C=O) groups is 2. The molecule has 3 aromatic rings. The van der Waals surface area contributed by atoms with E-state index in [0.717, 1.165) is 38.5 Å². The normalized spacial score (nSPS) is 18.7. The highest BCUT2D eigenvalue weighted by atomic mass is 32.2. The zero-order valence-electron chi connectivity index (χ0n) is 20.1. The molecule has 1 aromatic carbocycles. The van der Waals surface area contributed by atoms with Crippen LogP contribution in [0.1, 0.15) is 28.8 Å². The predicted molar refractivity (Wildman–Crippen MR) is 141 cm³/mol. The first-order valence-corrected chi connectivity index (χ1v) is 13.3. The maximum atomic E-state index is 13.7. The maximum Gasteiger partial charge on any atom is 0.257 e. The average molecular weight is 522 g/mol. The first-order chi connectivity index (χ1) is 17.5. The molecule has 36 heavy (non-hydrogen) atoms. The van der Waals surface area contributed by atoms with Crippen LogP contribution in [0.3, 0.4) is 0 Å². The summed E-state index contributed by atoms with van der Waals surface area (Å²) in [6.07, 6.45) is 6.72. The van der Waals surface area contributed by atoms with Crippen molar-refractivity contribution in [2.75, 3.05) is 25.5 Å². The third-order valence-corrected chi connectivity index (χ3v) is 8.69. The average Bonchev–Trinajstić information content (AvgIpc) is 3.44. The number of nitrogens with zero attached hydrogens (tertiary/aromatic N) is 4. The Morgan fingerprint density at radius 1 is 1.22 bits per heavy atom. The third-order valence-electron chi connectivity index (χ3n) is 6.52. The van der Waals surface area contributed by atoms with Gasteiger partial charge in [0.15, 0.2) is 5.13 Å². The molecule has 2 bridgehead atoms. The molecule has 1 unspecified atom stereocenters. The number of benzene rings is 1. The van der Waals surface area contributed by atoms with Gasteiger partial charge in [-0.3, -0.25) is 9.59 Å². The minimum absolute atomic E-state index is 0.0331. The van der Waals surface area contributed by atoms with E-state index in [1.54, 1.807) is 25.1 Å². The summed E-state index contributed by atoms with van der Waals surface area (Å²) < 4.78 is 6.59. The molecule has 0 aliphatic carbocycles. The number of thiazole rings is 1. The van der Waals surface area contributed by atoms with Gasteiger partial charge in [-0.25, -0.2) is 9.97 Å². The number of methoxy groups -OCH3 is 1. The number of rotatable bonds is 7. The van der Waals surface area contributed by atoms with Gasteiger partial charge in [0.25, 0.3) is 5.91 Å². The van der Waals surface area contributed by atoms with Crippen molar-refractivity contribution in [3.05, 3.63) is 66.5 Å². The number of pyridine rings is 1. The van der Waals surface area contributed by atoms with E-state index in [9.17, 15) is 9.59 Å². The van der Waals surface area contributed by atoms with E-state index >= 15 is 0 Å². The summed E-state index contributed by atoms with van der Waals surface area (Å²) in [5.74, 6) is 1.17. The van der Waals surface area contributed by atoms with Crippen molar-refractivity contribution < 1.29 is 14.3 Å². The van der Waals surface area contributed by atoms with Crippen molar-refractivity contribution in [1.82, 2.24) is 19.8 Å². The van der Waals surface area contributed by atoms with Gasteiger partial charge in [-0.15, -0.1) is 0 Å². The molecule has 0 saturated carbocycles. The fourth-order valence-corrected chi connectivity index (χ4v) is 6.78. The Labute approximate surface area is 218 Å². The van der Waals surface area contributed by atoms with Crippen molar-refractivity contribution >= 4 is 45.9 Å². The molecule has 0 spiro atoms. The van der Waals surface area contributed by atoms with Gasteiger partial charge < -0.3 is 19.9 Å². The molecular weight excluding hydrogens is 494 g/mol. The molecule has 8 nitrogen and oxygen atoms in total. The lowest BCUT2D eigenvalue weighted by Crippen LogP contribution is -2.56. The van der Waals surface area contributed by atoms with Crippen LogP contribution >= 0.6 is 23.1 Å². The monoisotopic (exact) mass is 521 g/mol. The molecule has 2 saturated heterocycles. The van der Waals surface area contributed by atoms with Crippen LogP contribution in [-0.4, -0.2) is 63.9 Å². The Bertz CT molecular complexity index is 1280. The molecule has 5 rings (SSSR count). The summed E-state index contributed by atoms with van der Waals surface area (Å²) in [5.41, 5.74) is 1.55. The maximum absolute atomic E-state index is 13.7. The SMILES string of the molecule is C=CC(=O)N1C2CC[C@H]1CN(C(=O)c1cc(Sc3cnc(Nc4ccccn4)s3)c(C)cc1OC)C2. The lowest BCUT2D eigenvalue weighted by atomic mass is 10.1. The molecule has 10 heteroatoms. The number of likely N-dealkylation sites (tertiary alicyclic amines) is 1. The molecule has 4 heterocycles. The minimum atomic E-state index is -0.0712. The number of aromatic nitrogens is 2. The first kappa shape index (κ1) is 24.3. The van der Waals surface area contributed by atoms with E-state index in [2.05, 4.69) is 21.9 Å². The van der Waals surface area contributed by atoms with Gasteiger partial charge in [0.1, 0.15) is 11.6 Å². The van der Waals surface area contributed by atoms with E-state index in [4.69, 9.17) is 4.74 Å². The van der Waals surface area contributed by atoms with Crippen molar-refractivity contribution in [1.29, 1.82) is 0 Å². The molecule has 2 aromatic heterocycles. The van der Waals surface area contributed by atoms with Crippen LogP contribution in [0.25, 0.3) is 0 Å². The number of aryl methyl sites for hydroxylation is 1. The number of ether oxygens (including phenoxy) is 1. The number of nitrogens with one attached hydrogen (secondary N) is 1. The molecule has 0 radical (unpaired) electrons. The Morgan fingerprint density at radius 2 is 2.00 bits per heavy atom. The lowest BCUT2D eigenvalue weighted by molar-refractivity contribution is -0.131. The number of hydrogen-bond acceptors (Lipinski definition) is 8. The summed E-state index contributed by atoms with van der Waals surface area (Å²) in [4.78, 5) is 39.4. The smallest absolute Gasteiger partial charge is 0.257 e. The van der Waals surface area contributed by atoms with Gasteiger partial charge in [0.05, 0.1) is 35.2 Å². The first-order valence-electron chi connectivity index (χ1n) is 11.7. The van der Waals surface area contributed by atoms with Gasteiger partial charge in [0.2, 0.25) is 5.91 Å². The molecule has 2 aliphatic heterocycles. The predicted octanol–water partition coefficient (Wildman–Crippen LogP) is 4.75. The highest BCUT2D eigenvalue weighted by Gasteiger charge is 2.43. The zero-order valence-corrected chi connectivity index (χ0v) is 21.8. The molecule has 2 amide bonds. The molecule has 1 N–H and O–H groups in total. The van der Waals surface area contributed by atoms with E-state index in [1.165, 1.54) is 17.4 Å². The van der Waals surface area contributed by atoms with Crippen LogP contribution in [-0.2, 0) is 4.79 Å². The number of anilines is 2. The van der Waals surface area contributed by atoms with E-state index < -0.39 is 0 Å². The van der Waals surface area contributed by atoms with Crippen molar-refractivity contribution in [2.45, 2.75) is 41.0 Å². The van der Waals surface area contributed by atoms with Crippen LogP contribution in [0.15, 0.2) is 64.5 Å². The highest BCUT2D eigenvalue weighted by Crippen LogP contribution is 2.39. The van der Waals surface area contributed by atoms with Gasteiger partial charge in [-0.1, -0.05) is 35.7 Å². The quantitative estimate of drug-likeness (QED) is 0.449. The van der Waals surface area contributed by atoms with Gasteiger partial charge >= 0.3 is 0 Å². The topological polar surface area (TPSA) is 87.7 Å². The molecule has 2 fully saturated rings. The van der Waals surface area contributed by atoms with Gasteiger partial charge in [0, 0.05) is 24.2 Å². The van der Waals surface area contributed by atoms with Crippen molar-refractivity contribution in [3.8, 4) is 5.75 Å². The van der Waals surface area contributed by atoms with Gasteiger partial charge in [-0.2, -0.15) is 0 Å². The molecule has 2 atom stereocenters. The second-order valence-corrected chi connectivity index (χ2v) is 11.2. The van der Waals surface area contributed by atoms with Crippen LogP contribution in [0.5, 0.6) is 5.75 Å². The second-order valence-electron chi connectivity index (χ2n) is 8.79. The van der Waals surface area contributed by atoms with E-state index in [0.29, 0.717) is 24.4 Å². The lowest BCUT2D eigenvalue weighted by Gasteiger charge is -2.40. The summed E-state index contributed by atoms with van der Waals surface area (Å²) in [7, 11) is 1.58. The molecule has 2 aliphatic rings. The summed E-state index contributed by atoms with van der Waals surface area (Å²) in [6, 6.07) is 9.56. The largest absolute Gasteiger partial charge is 0.496 e. The zero-order chi connectivity index (χ0) is 25.2. The molecule has 186 valence electrons. The van der Waals surface area contributed by atoms with Crippen LogP contribution in [0.4, 0.5) is 10.9 Å². The number of hydrogen-bond donors (Lipinski definition) is 1. The number of fused-ring (bicyclic) bond motifs is 2. The fraction of sp³-hybridized carbons (Fsp3) is 0.308.